The molecule has 2 atom stereocenters. The molecule has 1 aromatic carbocycles. The number of nitrogens with one attached hydrogen (secondary N) is 2. The topological polar surface area (TPSA) is 85.2 Å². The third kappa shape index (κ3) is 4.98. The Kier molecular flexibility index (Phi) is 6.81. The minimum atomic E-state index is -0.464. The van der Waals surface area contributed by atoms with Crippen LogP contribution in [0.2, 0.25) is 0 Å². The summed E-state index contributed by atoms with van der Waals surface area (Å²) in [5.41, 5.74) is 2.27. The molecular weight excluding hydrogens is 356 g/mol. The standard InChI is InChI=1S/C21H28N4O3/c1-3-28-20(26)13-19(17-9-5-4-7-15(17)2)23-21(27)18-10-12-25(24-18)16-8-6-11-22-14-16/h4-5,7,9-10,12,16,19,22H,3,6,8,11,13-14H2,1-2H3,(H,23,27). The molecule has 0 aliphatic carbocycles. The Morgan fingerprint density at radius 3 is 2.89 bits per heavy atom. The van der Waals surface area contributed by atoms with E-state index >= 15 is 0 Å². The zero-order chi connectivity index (χ0) is 19.9. The highest BCUT2D eigenvalue weighted by molar-refractivity contribution is 5.92. The molecule has 2 heterocycles. The number of nitrogens with zero attached hydrogens (tertiary/aromatic N) is 2. The minimum absolute atomic E-state index is 0.0810. The molecule has 0 radical (unpaired) electrons. The van der Waals surface area contributed by atoms with Crippen LogP contribution in [-0.4, -0.2) is 41.4 Å². The first kappa shape index (κ1) is 20.1. The SMILES string of the molecule is CCOC(=O)CC(NC(=O)c1ccn(C2CCCNC2)n1)c1ccccc1C. The van der Waals surface area contributed by atoms with Crippen molar-refractivity contribution in [2.45, 2.75) is 45.2 Å². The Labute approximate surface area is 165 Å². The highest BCUT2D eigenvalue weighted by Crippen LogP contribution is 2.22. The Hall–Kier alpha value is -2.67. The molecule has 1 fully saturated rings. The molecule has 1 saturated heterocycles. The van der Waals surface area contributed by atoms with Crippen molar-refractivity contribution in [1.29, 1.82) is 0 Å². The second-order valence-corrected chi connectivity index (χ2v) is 7.07. The number of benzene rings is 1. The molecule has 7 nitrogen and oxygen atoms in total. The number of rotatable bonds is 7. The monoisotopic (exact) mass is 384 g/mol. The lowest BCUT2D eigenvalue weighted by atomic mass is 9.98. The summed E-state index contributed by atoms with van der Waals surface area (Å²) in [5.74, 6) is -0.630. The summed E-state index contributed by atoms with van der Waals surface area (Å²) in [7, 11) is 0. The van der Waals surface area contributed by atoms with Crippen molar-refractivity contribution in [3.63, 3.8) is 0 Å². The molecule has 7 heteroatoms. The number of hydrogen-bond acceptors (Lipinski definition) is 5. The van der Waals surface area contributed by atoms with Crippen LogP contribution in [0, 0.1) is 6.92 Å². The number of esters is 1. The predicted octanol–water partition coefficient (Wildman–Crippen LogP) is 2.54. The summed E-state index contributed by atoms with van der Waals surface area (Å²) in [5, 5.41) is 10.8. The van der Waals surface area contributed by atoms with Gasteiger partial charge in [-0.3, -0.25) is 14.3 Å². The largest absolute Gasteiger partial charge is 0.466 e. The fourth-order valence-electron chi connectivity index (χ4n) is 3.56. The fraction of sp³-hybridized carbons (Fsp3) is 0.476. The lowest BCUT2D eigenvalue weighted by Gasteiger charge is -2.23. The number of amides is 1. The molecule has 2 unspecified atom stereocenters. The number of aromatic nitrogens is 2. The van der Waals surface area contributed by atoms with E-state index in [0.717, 1.165) is 37.1 Å². The molecular formula is C21H28N4O3. The number of ether oxygens (including phenoxy) is 1. The van der Waals surface area contributed by atoms with Gasteiger partial charge in [-0.25, -0.2) is 0 Å². The molecule has 28 heavy (non-hydrogen) atoms. The van der Waals surface area contributed by atoms with Crippen LogP contribution >= 0.6 is 0 Å². The second-order valence-electron chi connectivity index (χ2n) is 7.07. The molecule has 2 aromatic rings. The van der Waals surface area contributed by atoms with Gasteiger partial charge in [-0.15, -0.1) is 0 Å². The number of hydrogen-bond donors (Lipinski definition) is 2. The van der Waals surface area contributed by atoms with Crippen LogP contribution in [0.15, 0.2) is 36.5 Å². The summed E-state index contributed by atoms with van der Waals surface area (Å²) >= 11 is 0. The summed E-state index contributed by atoms with van der Waals surface area (Å²) in [6.07, 6.45) is 4.07. The van der Waals surface area contributed by atoms with Crippen molar-refractivity contribution in [2.24, 2.45) is 0 Å². The number of carbonyl (C=O) groups excluding carboxylic acids is 2. The van der Waals surface area contributed by atoms with E-state index in [1.54, 1.807) is 13.0 Å². The van der Waals surface area contributed by atoms with E-state index in [-0.39, 0.29) is 24.3 Å². The smallest absolute Gasteiger partial charge is 0.308 e. The van der Waals surface area contributed by atoms with Crippen LogP contribution in [0.3, 0.4) is 0 Å². The lowest BCUT2D eigenvalue weighted by molar-refractivity contribution is -0.143. The highest BCUT2D eigenvalue weighted by atomic mass is 16.5. The quantitative estimate of drug-likeness (QED) is 0.717. The van der Waals surface area contributed by atoms with Crippen molar-refractivity contribution < 1.29 is 14.3 Å². The molecule has 1 amide bonds. The first-order valence-electron chi connectivity index (χ1n) is 9.86. The van der Waals surface area contributed by atoms with Crippen LogP contribution in [0.5, 0.6) is 0 Å². The van der Waals surface area contributed by atoms with Gasteiger partial charge in [0.2, 0.25) is 0 Å². The van der Waals surface area contributed by atoms with E-state index in [4.69, 9.17) is 4.74 Å². The maximum atomic E-state index is 12.8. The molecule has 1 aliphatic rings. The van der Waals surface area contributed by atoms with E-state index < -0.39 is 6.04 Å². The zero-order valence-electron chi connectivity index (χ0n) is 16.5. The normalized spacial score (nSPS) is 17.7. The van der Waals surface area contributed by atoms with Gasteiger partial charge in [-0.2, -0.15) is 5.10 Å². The molecule has 0 saturated carbocycles. The van der Waals surface area contributed by atoms with Gasteiger partial charge in [0.05, 0.1) is 25.1 Å². The third-order valence-electron chi connectivity index (χ3n) is 5.03. The Balaban J connectivity index is 1.74. The van der Waals surface area contributed by atoms with E-state index in [1.807, 2.05) is 42.1 Å². The van der Waals surface area contributed by atoms with Gasteiger partial charge in [0.15, 0.2) is 0 Å². The van der Waals surface area contributed by atoms with Crippen molar-refractivity contribution in [3.05, 3.63) is 53.3 Å². The van der Waals surface area contributed by atoms with Crippen molar-refractivity contribution in [2.75, 3.05) is 19.7 Å². The van der Waals surface area contributed by atoms with Gasteiger partial charge in [-0.1, -0.05) is 24.3 Å². The number of carbonyl (C=O) groups is 2. The molecule has 3 rings (SSSR count). The van der Waals surface area contributed by atoms with Crippen LogP contribution in [-0.2, 0) is 9.53 Å². The minimum Gasteiger partial charge on any atom is -0.466 e. The predicted molar refractivity (Wildman–Crippen MR) is 106 cm³/mol. The maximum absolute atomic E-state index is 12.8. The summed E-state index contributed by atoms with van der Waals surface area (Å²) < 4.78 is 6.94. The van der Waals surface area contributed by atoms with Crippen LogP contribution in [0.25, 0.3) is 0 Å². The molecule has 0 bridgehead atoms. The second kappa shape index (κ2) is 9.50. The number of piperidine rings is 1. The van der Waals surface area contributed by atoms with Crippen molar-refractivity contribution >= 4 is 11.9 Å². The van der Waals surface area contributed by atoms with E-state index in [0.29, 0.717) is 12.3 Å². The van der Waals surface area contributed by atoms with Crippen LogP contribution in [0.4, 0.5) is 0 Å². The van der Waals surface area contributed by atoms with Crippen molar-refractivity contribution in [3.8, 4) is 0 Å². The first-order valence-corrected chi connectivity index (χ1v) is 9.86. The van der Waals surface area contributed by atoms with Gasteiger partial charge >= 0.3 is 5.97 Å². The van der Waals surface area contributed by atoms with Crippen molar-refractivity contribution in [1.82, 2.24) is 20.4 Å². The molecule has 150 valence electrons. The van der Waals surface area contributed by atoms with E-state index in [2.05, 4.69) is 15.7 Å². The van der Waals surface area contributed by atoms with Gasteiger partial charge < -0.3 is 15.4 Å². The summed E-state index contributed by atoms with van der Waals surface area (Å²) in [4.78, 5) is 24.9. The molecule has 2 N–H and O–H groups in total. The van der Waals surface area contributed by atoms with E-state index in [9.17, 15) is 9.59 Å². The van der Waals surface area contributed by atoms with Gasteiger partial charge in [0, 0.05) is 12.7 Å². The maximum Gasteiger partial charge on any atom is 0.308 e. The van der Waals surface area contributed by atoms with Crippen LogP contribution < -0.4 is 10.6 Å². The summed E-state index contributed by atoms with van der Waals surface area (Å²) in [6.45, 7) is 5.93. The summed E-state index contributed by atoms with van der Waals surface area (Å²) in [6, 6.07) is 9.25. The van der Waals surface area contributed by atoms with E-state index in [1.165, 1.54) is 0 Å². The molecule has 1 aromatic heterocycles. The average Bonchev–Trinajstić information content (AvgIpc) is 3.19. The number of aryl methyl sites for hydroxylation is 1. The van der Waals surface area contributed by atoms with Gasteiger partial charge in [0.25, 0.3) is 5.91 Å². The molecule has 1 aliphatic heterocycles. The van der Waals surface area contributed by atoms with Crippen LogP contribution in [0.1, 0.15) is 59.9 Å². The highest BCUT2D eigenvalue weighted by Gasteiger charge is 2.23. The molecule has 0 spiro atoms. The Morgan fingerprint density at radius 2 is 2.18 bits per heavy atom. The Morgan fingerprint density at radius 1 is 1.36 bits per heavy atom. The zero-order valence-corrected chi connectivity index (χ0v) is 16.5. The Bertz CT molecular complexity index is 811. The fourth-order valence-corrected chi connectivity index (χ4v) is 3.56. The van der Waals surface area contributed by atoms with Gasteiger partial charge in [-0.05, 0) is 50.4 Å². The third-order valence-corrected chi connectivity index (χ3v) is 5.03. The van der Waals surface area contributed by atoms with Gasteiger partial charge in [0.1, 0.15) is 5.69 Å². The first-order chi connectivity index (χ1) is 13.6. The lowest BCUT2D eigenvalue weighted by Crippen LogP contribution is -2.33. The average molecular weight is 384 g/mol.